The predicted octanol–water partition coefficient (Wildman–Crippen LogP) is 3.61. The number of halogens is 1. The van der Waals surface area contributed by atoms with Crippen molar-refractivity contribution in [3.8, 4) is 0 Å². The van der Waals surface area contributed by atoms with Crippen molar-refractivity contribution < 1.29 is 0 Å². The van der Waals surface area contributed by atoms with E-state index >= 15 is 0 Å². The van der Waals surface area contributed by atoms with Gasteiger partial charge in [0.05, 0.1) is 0 Å². The zero-order valence-electron chi connectivity index (χ0n) is 7.11. The van der Waals surface area contributed by atoms with Crippen molar-refractivity contribution in [2.45, 2.75) is 20.8 Å². The van der Waals surface area contributed by atoms with Gasteiger partial charge >= 0.3 is 0 Å². The van der Waals surface area contributed by atoms with E-state index in [-0.39, 0.29) is 0 Å². The summed E-state index contributed by atoms with van der Waals surface area (Å²) in [5, 5.41) is 0.843. The first-order valence-electron chi connectivity index (χ1n) is 3.68. The number of benzene rings is 1. The lowest BCUT2D eigenvalue weighted by Gasteiger charge is -2.05. The largest absolute Gasteiger partial charge is 0.0841 e. The zero-order valence-corrected chi connectivity index (χ0v) is 7.87. The number of aryl methyl sites for hydroxylation is 1. The molecule has 1 rings (SSSR count). The summed E-state index contributed by atoms with van der Waals surface area (Å²) >= 11 is 5.88. The number of rotatable bonds is 1. The van der Waals surface area contributed by atoms with E-state index in [4.69, 9.17) is 11.6 Å². The average molecular weight is 168 g/mol. The predicted molar refractivity (Wildman–Crippen MR) is 49.9 cm³/mol. The second-order valence-electron chi connectivity index (χ2n) is 2.96. The van der Waals surface area contributed by atoms with Gasteiger partial charge in [-0.2, -0.15) is 0 Å². The van der Waals surface area contributed by atoms with E-state index in [0.717, 1.165) is 10.6 Å². The van der Waals surface area contributed by atoms with Gasteiger partial charge in [0, 0.05) is 5.02 Å². The molecule has 1 aromatic carbocycles. The Morgan fingerprint density at radius 3 is 2.36 bits per heavy atom. The quantitative estimate of drug-likeness (QED) is 0.600. The second-order valence-corrected chi connectivity index (χ2v) is 3.37. The second kappa shape index (κ2) is 3.27. The Hall–Kier alpha value is -0.490. The highest BCUT2D eigenvalue weighted by Crippen LogP contribution is 2.20. The first-order valence-corrected chi connectivity index (χ1v) is 4.05. The fourth-order valence-electron chi connectivity index (χ4n) is 0.956. The molecule has 0 aliphatic rings. The highest BCUT2D eigenvalue weighted by molar-refractivity contribution is 6.31. The molecule has 0 spiro atoms. The number of hydrogen-bond acceptors (Lipinski definition) is 0. The van der Waals surface area contributed by atoms with Crippen molar-refractivity contribution >= 4 is 11.6 Å². The van der Waals surface area contributed by atoms with Gasteiger partial charge in [0.15, 0.2) is 0 Å². The van der Waals surface area contributed by atoms with Gasteiger partial charge in [-0.15, -0.1) is 0 Å². The van der Waals surface area contributed by atoms with Crippen LogP contribution in [0.4, 0.5) is 0 Å². The Morgan fingerprint density at radius 2 is 1.91 bits per heavy atom. The van der Waals surface area contributed by atoms with Crippen LogP contribution in [0.25, 0.3) is 0 Å². The summed E-state index contributed by atoms with van der Waals surface area (Å²) in [7, 11) is 0. The molecule has 1 aromatic rings. The molecule has 0 saturated heterocycles. The molecule has 0 bridgehead atoms. The van der Waals surface area contributed by atoms with Gasteiger partial charge in [0.2, 0.25) is 0 Å². The summed E-state index contributed by atoms with van der Waals surface area (Å²) in [6.07, 6.45) is 0. The van der Waals surface area contributed by atoms with Gasteiger partial charge in [0.1, 0.15) is 0 Å². The van der Waals surface area contributed by atoms with Crippen LogP contribution in [0.15, 0.2) is 18.2 Å². The molecule has 0 heterocycles. The van der Waals surface area contributed by atoms with Gasteiger partial charge in [-0.05, 0) is 30.0 Å². The van der Waals surface area contributed by atoms with E-state index in [0.29, 0.717) is 0 Å². The van der Waals surface area contributed by atoms with E-state index in [1.165, 1.54) is 11.5 Å². The maximum atomic E-state index is 5.88. The minimum absolute atomic E-state index is 0.843. The lowest BCUT2D eigenvalue weighted by atomic mass is 10.0. The molecular weight excluding hydrogens is 156 g/mol. The molecule has 0 amide bonds. The highest BCUT2D eigenvalue weighted by Gasteiger charge is 2.00. The van der Waals surface area contributed by atoms with Crippen molar-refractivity contribution in [1.82, 2.24) is 0 Å². The summed E-state index contributed by atoms with van der Waals surface area (Å²) in [4.78, 5) is 0. The lowest BCUT2D eigenvalue weighted by Crippen LogP contribution is -1.88. The molecule has 0 saturated carbocycles. The van der Waals surface area contributed by atoms with Gasteiger partial charge in [-0.25, -0.2) is 0 Å². The standard InChI is InChI=1S/C10H12Cl/c1-7(2)9-4-5-10(11)8(3)6-9/h4-6H,1-3H3. The third-order valence-electron chi connectivity index (χ3n) is 1.74. The van der Waals surface area contributed by atoms with Crippen LogP contribution in [0.2, 0.25) is 5.02 Å². The molecule has 59 valence electrons. The maximum absolute atomic E-state index is 5.88. The molecule has 0 nitrogen and oxygen atoms in total. The Labute approximate surface area is 73.2 Å². The Bertz CT molecular complexity index is 251. The molecule has 0 aromatic heterocycles. The van der Waals surface area contributed by atoms with Gasteiger partial charge in [-0.3, -0.25) is 0 Å². The summed E-state index contributed by atoms with van der Waals surface area (Å²) < 4.78 is 0. The van der Waals surface area contributed by atoms with Gasteiger partial charge in [-0.1, -0.05) is 37.6 Å². The van der Waals surface area contributed by atoms with Crippen LogP contribution in [-0.2, 0) is 0 Å². The Kier molecular flexibility index (Phi) is 2.56. The van der Waals surface area contributed by atoms with Crippen molar-refractivity contribution in [1.29, 1.82) is 0 Å². The summed E-state index contributed by atoms with van der Waals surface area (Å²) in [5.74, 6) is 1.32. The SMILES string of the molecule is C[C](C)c1ccc(Cl)c(C)c1. The van der Waals surface area contributed by atoms with Gasteiger partial charge < -0.3 is 0 Å². The van der Waals surface area contributed by atoms with Crippen LogP contribution in [0.3, 0.4) is 0 Å². The molecule has 0 aliphatic heterocycles. The van der Waals surface area contributed by atoms with Crippen molar-refractivity contribution in [2.75, 3.05) is 0 Å². The molecule has 0 N–H and O–H groups in total. The van der Waals surface area contributed by atoms with Crippen LogP contribution in [0.1, 0.15) is 25.0 Å². The zero-order chi connectivity index (χ0) is 8.43. The van der Waals surface area contributed by atoms with Gasteiger partial charge in [0.25, 0.3) is 0 Å². The maximum Gasteiger partial charge on any atom is 0.0435 e. The molecule has 1 heteroatoms. The monoisotopic (exact) mass is 167 g/mol. The van der Waals surface area contributed by atoms with Crippen LogP contribution >= 0.6 is 11.6 Å². The van der Waals surface area contributed by atoms with Crippen LogP contribution < -0.4 is 0 Å². The fraction of sp³-hybridized carbons (Fsp3) is 0.300. The van der Waals surface area contributed by atoms with E-state index < -0.39 is 0 Å². The fourth-order valence-corrected chi connectivity index (χ4v) is 1.07. The number of hydrogen-bond donors (Lipinski definition) is 0. The van der Waals surface area contributed by atoms with Crippen LogP contribution in [0.5, 0.6) is 0 Å². The normalized spacial score (nSPS) is 10.6. The van der Waals surface area contributed by atoms with Crippen molar-refractivity contribution in [3.05, 3.63) is 40.3 Å². The highest BCUT2D eigenvalue weighted by atomic mass is 35.5. The lowest BCUT2D eigenvalue weighted by molar-refractivity contribution is 1.14. The minimum atomic E-state index is 0.843. The van der Waals surface area contributed by atoms with Crippen LogP contribution in [-0.4, -0.2) is 0 Å². The first-order chi connectivity index (χ1) is 5.11. The first kappa shape index (κ1) is 8.61. The molecule has 0 aliphatic carbocycles. The third-order valence-corrected chi connectivity index (χ3v) is 2.16. The minimum Gasteiger partial charge on any atom is -0.0841 e. The van der Waals surface area contributed by atoms with E-state index in [1.807, 2.05) is 19.1 Å². The topological polar surface area (TPSA) is 0 Å². The molecule has 1 radical (unpaired) electrons. The smallest absolute Gasteiger partial charge is 0.0435 e. The summed E-state index contributed by atoms with van der Waals surface area (Å²) in [5.41, 5.74) is 2.41. The van der Waals surface area contributed by atoms with E-state index in [9.17, 15) is 0 Å². The van der Waals surface area contributed by atoms with E-state index in [1.54, 1.807) is 0 Å². The molecule has 0 atom stereocenters. The molecular formula is C10H12Cl. The molecule has 0 unspecified atom stereocenters. The van der Waals surface area contributed by atoms with E-state index in [2.05, 4.69) is 19.9 Å². The Morgan fingerprint density at radius 1 is 1.27 bits per heavy atom. The Balaban J connectivity index is 3.05. The van der Waals surface area contributed by atoms with Crippen molar-refractivity contribution in [2.24, 2.45) is 0 Å². The summed E-state index contributed by atoms with van der Waals surface area (Å²) in [6, 6.07) is 6.10. The third kappa shape index (κ3) is 1.97. The molecule has 0 fully saturated rings. The average Bonchev–Trinajstić information content (AvgIpc) is 1.94. The molecule has 11 heavy (non-hydrogen) atoms. The van der Waals surface area contributed by atoms with Crippen LogP contribution in [0, 0.1) is 12.8 Å². The van der Waals surface area contributed by atoms with Crippen molar-refractivity contribution in [3.63, 3.8) is 0 Å². The summed E-state index contributed by atoms with van der Waals surface area (Å²) in [6.45, 7) is 6.22.